The number of carbonyl (C=O) groups excluding carboxylic acids is 1. The number of terminal acetylenes is 1. The van der Waals surface area contributed by atoms with Crippen LogP contribution >= 0.6 is 0 Å². The minimum atomic E-state index is -3.06. The molecule has 0 saturated heterocycles. The van der Waals surface area contributed by atoms with Gasteiger partial charge in [-0.1, -0.05) is 175 Å². The van der Waals surface area contributed by atoms with Gasteiger partial charge >= 0.3 is 5.97 Å². The van der Waals surface area contributed by atoms with E-state index in [1.54, 1.807) is 6.08 Å². The molecule has 1 aliphatic carbocycles. The molecule has 284 valence electrons. The van der Waals surface area contributed by atoms with Gasteiger partial charge in [-0.05, 0) is 44.2 Å². The molecule has 0 bridgehead atoms. The molecule has 5 atom stereocenters. The third-order valence-corrected chi connectivity index (χ3v) is 21.1. The maximum atomic E-state index is 13.6. The normalized spacial score (nSPS) is 20.1. The number of aliphatic hydroxyl groups excluding tert-OH is 1. The summed E-state index contributed by atoms with van der Waals surface area (Å²) < 4.78 is 21.4. The summed E-state index contributed by atoms with van der Waals surface area (Å²) in [6.45, 7) is 15.8. The third-order valence-electron chi connectivity index (χ3n) is 10.9. The lowest BCUT2D eigenvalue weighted by molar-refractivity contribution is -0.145. The summed E-state index contributed by atoms with van der Waals surface area (Å²) in [5, 5.41) is 15.1. The number of carbonyl (C=O) groups is 1. The monoisotopic (exact) mass is 758 g/mol. The van der Waals surface area contributed by atoms with Crippen molar-refractivity contribution in [1.82, 2.24) is 0 Å². The fourth-order valence-electron chi connectivity index (χ4n) is 8.58. The second kappa shape index (κ2) is 17.6. The van der Waals surface area contributed by atoms with Gasteiger partial charge in [-0.2, -0.15) is 0 Å². The highest BCUT2D eigenvalue weighted by atomic mass is 28.4. The highest BCUT2D eigenvalue weighted by molar-refractivity contribution is 7.00. The van der Waals surface area contributed by atoms with Crippen LogP contribution in [0.25, 0.3) is 0 Å². The SMILES string of the molecule is C#CC[C@H](O)/C=C/[C@H]1[C@@H](CC(=O)OCC)[C@H](O[Si](c2ccccc2)(c2ccccc2)C(C)(C)C)C[C@@H]1O[Si](c1ccccc1)(c1ccccc1)C(C)(C)C. The van der Waals surface area contributed by atoms with Crippen molar-refractivity contribution < 1.29 is 23.5 Å². The molecule has 4 aromatic rings. The summed E-state index contributed by atoms with van der Waals surface area (Å²) in [7, 11) is -6.12. The standard InChI is InChI=1S/C47H58O5Si2/c1-9-23-36(48)32-33-41-42(34-45(49)50-10-2)44(52-54(47(6,7)8,39-28-19-13-20-29-39)40-30-21-14-22-31-40)35-43(41)51-53(46(3,4)5,37-24-15-11-16-25-37)38-26-17-12-18-27-38/h1,11-22,24-33,36,41-44,48H,10,23,34-35H2,2-8H3/b33-32+/t36-,41-,42+,43-,44+/m0/s1. The highest BCUT2D eigenvalue weighted by Crippen LogP contribution is 2.48. The van der Waals surface area contributed by atoms with Gasteiger partial charge in [0.1, 0.15) is 0 Å². The van der Waals surface area contributed by atoms with E-state index in [1.165, 1.54) is 20.7 Å². The van der Waals surface area contributed by atoms with E-state index in [0.29, 0.717) is 6.42 Å². The predicted molar refractivity (Wildman–Crippen MR) is 226 cm³/mol. The van der Waals surface area contributed by atoms with Crippen molar-refractivity contribution in [1.29, 1.82) is 0 Å². The van der Waals surface area contributed by atoms with Gasteiger partial charge in [0.2, 0.25) is 0 Å². The lowest BCUT2D eigenvalue weighted by Gasteiger charge is -2.46. The maximum absolute atomic E-state index is 13.6. The van der Waals surface area contributed by atoms with Crippen LogP contribution in [0.2, 0.25) is 10.1 Å². The maximum Gasteiger partial charge on any atom is 0.306 e. The van der Waals surface area contributed by atoms with Crippen LogP contribution in [-0.4, -0.2) is 52.6 Å². The van der Waals surface area contributed by atoms with Crippen LogP contribution < -0.4 is 20.7 Å². The Balaban J connectivity index is 1.75. The number of aliphatic hydroxyl groups is 1. The van der Waals surface area contributed by atoms with E-state index in [0.717, 1.165) is 0 Å². The summed E-state index contributed by atoms with van der Waals surface area (Å²) in [4.78, 5) is 13.6. The van der Waals surface area contributed by atoms with E-state index in [4.69, 9.17) is 20.0 Å². The fourth-order valence-corrected chi connectivity index (χ4v) is 18.0. The molecule has 1 aliphatic rings. The first-order chi connectivity index (χ1) is 25.8. The molecular formula is C47H58O5Si2. The van der Waals surface area contributed by atoms with Crippen LogP contribution in [0, 0.1) is 24.2 Å². The van der Waals surface area contributed by atoms with Crippen molar-refractivity contribution in [3.63, 3.8) is 0 Å². The number of rotatable bonds is 14. The smallest absolute Gasteiger partial charge is 0.306 e. The van der Waals surface area contributed by atoms with Crippen molar-refractivity contribution in [2.24, 2.45) is 11.8 Å². The molecular weight excluding hydrogens is 701 g/mol. The zero-order valence-electron chi connectivity index (χ0n) is 33.1. The molecule has 5 nitrogen and oxygen atoms in total. The van der Waals surface area contributed by atoms with E-state index >= 15 is 0 Å². The molecule has 1 saturated carbocycles. The van der Waals surface area contributed by atoms with Gasteiger partial charge in [0, 0.05) is 18.3 Å². The lowest BCUT2D eigenvalue weighted by atomic mass is 9.90. The number of esters is 1. The summed E-state index contributed by atoms with van der Waals surface area (Å²) in [6, 6.07) is 42.5. The van der Waals surface area contributed by atoms with Gasteiger partial charge in [0.15, 0.2) is 0 Å². The molecule has 1 fully saturated rings. The highest BCUT2D eigenvalue weighted by Gasteiger charge is 2.58. The molecule has 0 amide bonds. The summed E-state index contributed by atoms with van der Waals surface area (Å²) in [5.41, 5.74) is 0. The van der Waals surface area contributed by atoms with Crippen LogP contribution in [0.5, 0.6) is 0 Å². The molecule has 5 rings (SSSR count). The van der Waals surface area contributed by atoms with Gasteiger partial charge in [-0.15, -0.1) is 12.3 Å². The van der Waals surface area contributed by atoms with Gasteiger partial charge in [-0.3, -0.25) is 4.79 Å². The first kappa shape index (κ1) is 41.1. The van der Waals surface area contributed by atoms with E-state index < -0.39 is 22.7 Å². The van der Waals surface area contributed by atoms with Crippen LogP contribution in [0.15, 0.2) is 133 Å². The van der Waals surface area contributed by atoms with Gasteiger partial charge in [-0.25, -0.2) is 0 Å². The first-order valence-electron chi connectivity index (χ1n) is 19.3. The molecule has 1 N–H and O–H groups in total. The molecule has 7 heteroatoms. The van der Waals surface area contributed by atoms with Crippen LogP contribution in [0.4, 0.5) is 0 Å². The van der Waals surface area contributed by atoms with E-state index in [2.05, 4.69) is 145 Å². The third kappa shape index (κ3) is 8.59. The van der Waals surface area contributed by atoms with Crippen LogP contribution in [0.3, 0.4) is 0 Å². The Kier molecular flexibility index (Phi) is 13.4. The number of hydrogen-bond acceptors (Lipinski definition) is 5. The quantitative estimate of drug-likeness (QED) is 0.0629. The first-order valence-corrected chi connectivity index (χ1v) is 23.1. The number of benzene rings is 4. The van der Waals surface area contributed by atoms with E-state index in [9.17, 15) is 9.90 Å². The minimum Gasteiger partial charge on any atom is -0.466 e. The summed E-state index contributed by atoms with van der Waals surface area (Å²) in [6.07, 6.45) is 8.80. The largest absolute Gasteiger partial charge is 0.466 e. The molecule has 0 aromatic heterocycles. The predicted octanol–water partition coefficient (Wildman–Crippen LogP) is 7.41. The molecule has 0 heterocycles. The van der Waals surface area contributed by atoms with Gasteiger partial charge in [0.05, 0.1) is 31.3 Å². The fraction of sp³-hybridized carbons (Fsp3) is 0.383. The summed E-state index contributed by atoms with van der Waals surface area (Å²) >= 11 is 0. The molecule has 54 heavy (non-hydrogen) atoms. The van der Waals surface area contributed by atoms with Gasteiger partial charge in [0.25, 0.3) is 16.6 Å². The average molecular weight is 759 g/mol. The Labute approximate surface area is 326 Å². The Bertz CT molecular complexity index is 1760. The zero-order chi connectivity index (χ0) is 39.0. The van der Waals surface area contributed by atoms with Crippen LogP contribution in [0.1, 0.15) is 67.7 Å². The zero-order valence-corrected chi connectivity index (χ0v) is 35.1. The topological polar surface area (TPSA) is 65.0 Å². The lowest BCUT2D eigenvalue weighted by Crippen LogP contribution is -2.68. The Morgan fingerprint density at radius 3 is 1.48 bits per heavy atom. The molecule has 0 radical (unpaired) electrons. The molecule has 0 aliphatic heterocycles. The summed E-state index contributed by atoms with van der Waals surface area (Å²) in [5.74, 6) is 1.73. The Hall–Kier alpha value is -4.04. The van der Waals surface area contributed by atoms with Crippen molar-refractivity contribution in [3.05, 3.63) is 133 Å². The minimum absolute atomic E-state index is 0.150. The van der Waals surface area contributed by atoms with Gasteiger partial charge < -0.3 is 18.7 Å². The number of ether oxygens (including phenoxy) is 1. The van der Waals surface area contributed by atoms with Crippen LogP contribution in [-0.2, 0) is 18.4 Å². The van der Waals surface area contributed by atoms with E-state index in [-0.39, 0.29) is 59.5 Å². The average Bonchev–Trinajstić information content (AvgIpc) is 3.46. The second-order valence-electron chi connectivity index (χ2n) is 16.5. The van der Waals surface area contributed by atoms with Crippen molar-refractivity contribution in [3.8, 4) is 12.3 Å². The molecule has 0 spiro atoms. The molecule has 4 aromatic carbocycles. The van der Waals surface area contributed by atoms with Crippen molar-refractivity contribution >= 4 is 43.4 Å². The second-order valence-corrected chi connectivity index (χ2v) is 25.0. The number of hydrogen-bond donors (Lipinski definition) is 1. The Morgan fingerprint density at radius 1 is 0.741 bits per heavy atom. The van der Waals surface area contributed by atoms with E-state index in [1.807, 2.05) is 37.3 Å². The van der Waals surface area contributed by atoms with Crippen molar-refractivity contribution in [2.45, 2.75) is 96.1 Å². The molecule has 0 unspecified atom stereocenters. The Morgan fingerprint density at radius 2 is 1.13 bits per heavy atom. The van der Waals surface area contributed by atoms with Crippen molar-refractivity contribution in [2.75, 3.05) is 6.61 Å².